The Morgan fingerprint density at radius 1 is 0.0741 bits per heavy atom. The summed E-state index contributed by atoms with van der Waals surface area (Å²) in [6.07, 6.45) is 91.7. The van der Waals surface area contributed by atoms with Crippen molar-refractivity contribution in [3.05, 3.63) is 0 Å². The maximum absolute atomic E-state index is 2.27. The van der Waals surface area contributed by atoms with Gasteiger partial charge in [0, 0.05) is 0 Å². The van der Waals surface area contributed by atoms with Crippen LogP contribution in [0.4, 0.5) is 0 Å². The molecule has 81 heavy (non-hydrogen) atoms. The van der Waals surface area contributed by atoms with E-state index in [0.29, 0.717) is 0 Å². The average Bonchev–Trinajstić information content (AvgIpc) is 3.47. The summed E-state index contributed by atoms with van der Waals surface area (Å²) in [6.45, 7) is 36.3. The zero-order valence-corrected chi connectivity index (χ0v) is 61.3. The van der Waals surface area contributed by atoms with Crippen LogP contribution in [0.1, 0.15) is 522 Å². The molecular weight excluding hydrogens is 984 g/mol. The second kappa shape index (κ2) is 123. The Kier molecular flexibility index (Phi) is 153. The molecule has 0 heterocycles. The normalized spacial score (nSPS) is 10.1. The first kappa shape index (κ1) is 101. The predicted octanol–water partition coefficient (Wildman–Crippen LogP) is 32.5. The van der Waals surface area contributed by atoms with E-state index in [0.717, 1.165) is 0 Å². The average molecular weight is 1160 g/mol. The molecule has 0 radical (unpaired) electrons. The summed E-state index contributed by atoms with van der Waals surface area (Å²) >= 11 is 0. The van der Waals surface area contributed by atoms with E-state index in [1.807, 2.05) is 0 Å². The fourth-order valence-electron chi connectivity index (χ4n) is 9.66. The Bertz CT molecular complexity index is 520. The summed E-state index contributed by atoms with van der Waals surface area (Å²) in [5.74, 6) is 0. The maximum atomic E-state index is 2.27. The second-order valence-corrected chi connectivity index (χ2v) is 25.0. The summed E-state index contributed by atoms with van der Waals surface area (Å²) in [5, 5.41) is 0. The first-order valence-corrected chi connectivity index (χ1v) is 39.3. The Morgan fingerprint density at radius 3 is 0.148 bits per heavy atom. The van der Waals surface area contributed by atoms with Crippen molar-refractivity contribution in [2.24, 2.45) is 0 Å². The molecule has 0 rings (SSSR count). The minimum atomic E-state index is 0. The minimum absolute atomic E-state index is 0. The van der Waals surface area contributed by atoms with Gasteiger partial charge in [0.2, 0.25) is 0 Å². The zero-order chi connectivity index (χ0) is 61.3. The van der Waals surface area contributed by atoms with Crippen LogP contribution >= 0.6 is 0 Å². The van der Waals surface area contributed by atoms with Crippen molar-refractivity contribution in [3.63, 3.8) is 0 Å². The van der Waals surface area contributed by atoms with Gasteiger partial charge in [0.25, 0.3) is 0 Å². The first-order chi connectivity index (χ1) is 39.3. The first-order valence-electron chi connectivity index (χ1n) is 39.3. The van der Waals surface area contributed by atoms with E-state index in [4.69, 9.17) is 0 Å². The summed E-state index contributed by atoms with van der Waals surface area (Å²) in [7, 11) is 0. The molecule has 0 amide bonds. The van der Waals surface area contributed by atoms with E-state index >= 15 is 0 Å². The van der Waals surface area contributed by atoms with Crippen molar-refractivity contribution in [2.75, 3.05) is 0 Å². The van der Waals surface area contributed by atoms with Crippen molar-refractivity contribution in [3.8, 4) is 0 Å². The molecule has 0 aliphatic heterocycles. The number of rotatable bonds is 56. The van der Waals surface area contributed by atoms with Crippen molar-refractivity contribution >= 4 is 29.6 Å². The molecule has 0 aliphatic carbocycles. The third-order valence-electron chi connectivity index (χ3n) is 15.7. The van der Waals surface area contributed by atoms with E-state index in [1.54, 1.807) is 0 Å². The van der Waals surface area contributed by atoms with E-state index in [2.05, 4.69) is 111 Å². The predicted molar refractivity (Wildman–Crippen MR) is 393 cm³/mol. The van der Waals surface area contributed by atoms with Gasteiger partial charge >= 0.3 is 29.6 Å². The molecular formula is C80H177Na. The molecule has 1 heteroatoms. The molecule has 498 valence electrons. The summed E-state index contributed by atoms with van der Waals surface area (Å²) in [5.41, 5.74) is 0. The van der Waals surface area contributed by atoms with Gasteiger partial charge in [0.05, 0.1) is 0 Å². The molecule has 0 N–H and O–H groups in total. The number of unbranched alkanes of at least 4 members (excludes halogenated alkanes) is 56. The molecule has 0 unspecified atom stereocenters. The van der Waals surface area contributed by atoms with Gasteiger partial charge < -0.3 is 0 Å². The fourth-order valence-corrected chi connectivity index (χ4v) is 9.66. The van der Waals surface area contributed by atoms with Gasteiger partial charge in [0.15, 0.2) is 0 Å². The van der Waals surface area contributed by atoms with Crippen LogP contribution in [0, 0.1) is 0 Å². The van der Waals surface area contributed by atoms with Gasteiger partial charge in [-0.1, -0.05) is 522 Å². The van der Waals surface area contributed by atoms with E-state index < -0.39 is 0 Å². The van der Waals surface area contributed by atoms with Crippen LogP contribution in [-0.4, -0.2) is 29.6 Å². The Hall–Kier alpha value is 1.00. The molecule has 0 aromatic carbocycles. The standard InChI is InChI=1S/8C10H22.Na.H/c8*1-3-5-7-9-10-8-6-4-2;;/h8*3-10H2,1-2H3;;. The summed E-state index contributed by atoms with van der Waals surface area (Å²) < 4.78 is 0. The molecule has 0 aromatic rings. The van der Waals surface area contributed by atoms with E-state index in [1.165, 1.54) is 411 Å². The summed E-state index contributed by atoms with van der Waals surface area (Å²) in [4.78, 5) is 0. The molecule has 0 fully saturated rings. The van der Waals surface area contributed by atoms with Gasteiger partial charge in [-0.2, -0.15) is 0 Å². The molecule has 0 saturated carbocycles. The van der Waals surface area contributed by atoms with Gasteiger partial charge in [0.1, 0.15) is 0 Å². The van der Waals surface area contributed by atoms with E-state index in [9.17, 15) is 0 Å². The third kappa shape index (κ3) is 156. The van der Waals surface area contributed by atoms with Crippen molar-refractivity contribution in [1.82, 2.24) is 0 Å². The fraction of sp³-hybridized carbons (Fsp3) is 1.00. The van der Waals surface area contributed by atoms with Gasteiger partial charge in [-0.15, -0.1) is 0 Å². The van der Waals surface area contributed by atoms with Crippen LogP contribution in [-0.2, 0) is 0 Å². The zero-order valence-electron chi connectivity index (χ0n) is 61.3. The van der Waals surface area contributed by atoms with Crippen LogP contribution in [0.5, 0.6) is 0 Å². The van der Waals surface area contributed by atoms with Crippen LogP contribution in [0.15, 0.2) is 0 Å². The molecule has 0 nitrogen and oxygen atoms in total. The van der Waals surface area contributed by atoms with Gasteiger partial charge in [-0.05, 0) is 0 Å². The molecule has 0 aromatic heterocycles. The Labute approximate surface area is 547 Å². The topological polar surface area (TPSA) is 0 Å². The Balaban J connectivity index is -0.000000104. The molecule has 0 saturated heterocycles. The van der Waals surface area contributed by atoms with Crippen molar-refractivity contribution in [2.45, 2.75) is 522 Å². The van der Waals surface area contributed by atoms with Crippen LogP contribution in [0.2, 0.25) is 0 Å². The molecule has 0 bridgehead atoms. The quantitative estimate of drug-likeness (QED) is 0.0421. The van der Waals surface area contributed by atoms with Crippen LogP contribution in [0.3, 0.4) is 0 Å². The number of hydrogen-bond acceptors (Lipinski definition) is 0. The van der Waals surface area contributed by atoms with Gasteiger partial charge in [-0.3, -0.25) is 0 Å². The van der Waals surface area contributed by atoms with Gasteiger partial charge in [-0.25, -0.2) is 0 Å². The second-order valence-electron chi connectivity index (χ2n) is 25.0. The molecule has 0 atom stereocenters. The van der Waals surface area contributed by atoms with Crippen LogP contribution < -0.4 is 0 Å². The monoisotopic (exact) mass is 1160 g/mol. The molecule has 0 aliphatic rings. The number of hydrogen-bond donors (Lipinski definition) is 0. The van der Waals surface area contributed by atoms with Crippen LogP contribution in [0.25, 0.3) is 0 Å². The molecule has 0 spiro atoms. The van der Waals surface area contributed by atoms with E-state index in [-0.39, 0.29) is 29.6 Å². The van der Waals surface area contributed by atoms with Crippen molar-refractivity contribution < 1.29 is 0 Å². The SMILES string of the molecule is CCCCCCCCCC.CCCCCCCCCC.CCCCCCCCCC.CCCCCCCCCC.CCCCCCCCCC.CCCCCCCCCC.CCCCCCCCCC.CCCCCCCCCC.[NaH]. The summed E-state index contributed by atoms with van der Waals surface area (Å²) in [6, 6.07) is 0. The van der Waals surface area contributed by atoms with Crippen molar-refractivity contribution in [1.29, 1.82) is 0 Å². The Morgan fingerprint density at radius 2 is 0.111 bits per heavy atom. The third-order valence-corrected chi connectivity index (χ3v) is 15.7.